The molecule has 0 amide bonds. The third-order valence-electron chi connectivity index (χ3n) is 4.04. The van der Waals surface area contributed by atoms with Crippen LogP contribution in [-0.2, 0) is 20.1 Å². The number of aromatic nitrogens is 3. The van der Waals surface area contributed by atoms with Gasteiger partial charge in [0.2, 0.25) is 0 Å². The lowest BCUT2D eigenvalue weighted by Gasteiger charge is -2.20. The molecule has 0 saturated carbocycles. The van der Waals surface area contributed by atoms with Crippen molar-refractivity contribution in [3.63, 3.8) is 0 Å². The van der Waals surface area contributed by atoms with E-state index in [4.69, 9.17) is 9.47 Å². The third kappa shape index (κ3) is 3.10. The number of hydrogen-bond acceptors (Lipinski definition) is 4. The summed E-state index contributed by atoms with van der Waals surface area (Å²) >= 11 is 0. The molecule has 0 spiro atoms. The smallest absolute Gasteiger partial charge is 0.193 e. The molecule has 0 unspecified atom stereocenters. The number of halogens is 1. The summed E-state index contributed by atoms with van der Waals surface area (Å²) in [6.45, 7) is 0.372. The number of allylic oxidation sites excluding steroid dienone is 1. The molecule has 6 heteroatoms. The first kappa shape index (κ1) is 15.4. The average Bonchev–Trinajstić information content (AvgIpc) is 3.07. The minimum Gasteiger partial charge on any atom is -0.488 e. The molecule has 25 heavy (non-hydrogen) atoms. The van der Waals surface area contributed by atoms with Crippen LogP contribution in [0.15, 0.2) is 54.9 Å². The highest BCUT2D eigenvalue weighted by Gasteiger charge is 2.20. The Kier molecular flexibility index (Phi) is 3.93. The predicted molar refractivity (Wildman–Crippen MR) is 90.5 cm³/mol. The van der Waals surface area contributed by atoms with E-state index in [9.17, 15) is 4.39 Å². The van der Waals surface area contributed by atoms with Crippen molar-refractivity contribution in [3.8, 4) is 11.5 Å². The third-order valence-corrected chi connectivity index (χ3v) is 4.04. The lowest BCUT2D eigenvalue weighted by molar-refractivity contribution is 0.301. The summed E-state index contributed by atoms with van der Waals surface area (Å²) in [4.78, 5) is 4.21. The van der Waals surface area contributed by atoms with Crippen LogP contribution in [0.25, 0.3) is 5.76 Å². The zero-order valence-corrected chi connectivity index (χ0v) is 13.6. The molecule has 126 valence electrons. The van der Waals surface area contributed by atoms with Crippen LogP contribution in [0.1, 0.15) is 17.0 Å². The summed E-state index contributed by atoms with van der Waals surface area (Å²) in [7, 11) is 1.82. The van der Waals surface area contributed by atoms with Gasteiger partial charge in [0.15, 0.2) is 11.6 Å². The van der Waals surface area contributed by atoms with Gasteiger partial charge in [-0.05, 0) is 35.9 Å². The van der Waals surface area contributed by atoms with E-state index in [1.54, 1.807) is 16.8 Å². The lowest BCUT2D eigenvalue weighted by atomic mass is 10.1. The summed E-state index contributed by atoms with van der Waals surface area (Å²) < 4.78 is 26.5. The van der Waals surface area contributed by atoms with Crippen molar-refractivity contribution in [1.29, 1.82) is 0 Å². The van der Waals surface area contributed by atoms with Crippen LogP contribution in [0.3, 0.4) is 0 Å². The van der Waals surface area contributed by atoms with Gasteiger partial charge in [-0.15, -0.1) is 0 Å². The predicted octanol–water partition coefficient (Wildman–Crippen LogP) is 3.51. The molecule has 1 aliphatic heterocycles. The van der Waals surface area contributed by atoms with Gasteiger partial charge in [0.05, 0.1) is 0 Å². The summed E-state index contributed by atoms with van der Waals surface area (Å²) in [5.74, 6) is 2.62. The minimum atomic E-state index is -0.254. The Bertz CT molecular complexity index is 932. The van der Waals surface area contributed by atoms with Crippen LogP contribution < -0.4 is 9.47 Å². The second kappa shape index (κ2) is 6.39. The Hall–Kier alpha value is -3.15. The van der Waals surface area contributed by atoms with Gasteiger partial charge in [-0.2, -0.15) is 5.10 Å². The number of aryl methyl sites for hydroxylation is 1. The number of fused-ring (bicyclic) bond motifs is 1. The average molecular weight is 337 g/mol. The van der Waals surface area contributed by atoms with Crippen molar-refractivity contribution in [2.45, 2.75) is 13.0 Å². The highest BCUT2D eigenvalue weighted by Crippen LogP contribution is 2.36. The van der Waals surface area contributed by atoms with E-state index < -0.39 is 0 Å². The summed E-state index contributed by atoms with van der Waals surface area (Å²) in [6, 6.07) is 12.0. The lowest BCUT2D eigenvalue weighted by Crippen LogP contribution is -2.10. The zero-order valence-electron chi connectivity index (χ0n) is 13.6. The van der Waals surface area contributed by atoms with Gasteiger partial charge in [0.25, 0.3) is 0 Å². The van der Waals surface area contributed by atoms with E-state index in [2.05, 4.69) is 10.1 Å². The van der Waals surface area contributed by atoms with E-state index >= 15 is 0 Å². The minimum absolute atomic E-state index is 0.254. The molecule has 0 saturated heterocycles. The van der Waals surface area contributed by atoms with Gasteiger partial charge in [-0.25, -0.2) is 14.1 Å². The Balaban J connectivity index is 1.53. The van der Waals surface area contributed by atoms with Crippen molar-refractivity contribution in [2.75, 3.05) is 0 Å². The normalized spacial score (nSPS) is 13.0. The van der Waals surface area contributed by atoms with Crippen LogP contribution in [0.5, 0.6) is 11.5 Å². The first-order valence-electron chi connectivity index (χ1n) is 7.92. The molecule has 0 N–H and O–H groups in total. The SMILES string of the molecule is Cn1ncnc1C1=CCc2c(OCc3ccc(F)cc3)cccc2O1. The topological polar surface area (TPSA) is 49.2 Å². The largest absolute Gasteiger partial charge is 0.488 e. The molecule has 0 atom stereocenters. The van der Waals surface area contributed by atoms with Crippen molar-refractivity contribution < 1.29 is 13.9 Å². The summed E-state index contributed by atoms with van der Waals surface area (Å²) in [6.07, 6.45) is 4.14. The van der Waals surface area contributed by atoms with E-state index in [0.29, 0.717) is 24.6 Å². The van der Waals surface area contributed by atoms with E-state index in [1.807, 2.05) is 31.3 Å². The standard InChI is InChI=1S/C19H16FN3O2/c1-23-19(21-12-22-23)18-10-9-15-16(3-2-4-17(15)25-18)24-11-13-5-7-14(20)8-6-13/h2-8,10,12H,9,11H2,1H3. The Morgan fingerprint density at radius 3 is 2.80 bits per heavy atom. The number of ether oxygens (including phenoxy) is 2. The maximum absolute atomic E-state index is 13.0. The van der Waals surface area contributed by atoms with Crippen LogP contribution in [0, 0.1) is 5.82 Å². The van der Waals surface area contributed by atoms with Crippen molar-refractivity contribution in [1.82, 2.24) is 14.8 Å². The number of rotatable bonds is 4. The maximum Gasteiger partial charge on any atom is 0.193 e. The van der Waals surface area contributed by atoms with E-state index in [0.717, 1.165) is 22.6 Å². The van der Waals surface area contributed by atoms with Crippen molar-refractivity contribution in [2.24, 2.45) is 7.05 Å². The molecule has 0 aliphatic carbocycles. The maximum atomic E-state index is 13.0. The number of hydrogen-bond donors (Lipinski definition) is 0. The molecule has 1 aromatic heterocycles. The van der Waals surface area contributed by atoms with Crippen LogP contribution in [0.2, 0.25) is 0 Å². The van der Waals surface area contributed by atoms with Crippen LogP contribution in [-0.4, -0.2) is 14.8 Å². The van der Waals surface area contributed by atoms with E-state index in [-0.39, 0.29) is 5.82 Å². The van der Waals surface area contributed by atoms with Crippen molar-refractivity contribution in [3.05, 3.63) is 77.6 Å². The number of nitrogens with zero attached hydrogens (tertiary/aromatic N) is 3. The second-order valence-electron chi connectivity index (χ2n) is 5.73. The molecule has 2 aromatic carbocycles. The second-order valence-corrected chi connectivity index (χ2v) is 5.73. The van der Waals surface area contributed by atoms with Gasteiger partial charge in [-0.1, -0.05) is 18.2 Å². The molecular weight excluding hydrogens is 321 g/mol. The fourth-order valence-corrected chi connectivity index (χ4v) is 2.73. The van der Waals surface area contributed by atoms with Gasteiger partial charge in [0.1, 0.15) is 30.3 Å². The molecule has 0 radical (unpaired) electrons. The molecule has 5 nitrogen and oxygen atoms in total. The van der Waals surface area contributed by atoms with E-state index in [1.165, 1.54) is 18.5 Å². The highest BCUT2D eigenvalue weighted by molar-refractivity contribution is 5.62. The molecule has 0 bridgehead atoms. The highest BCUT2D eigenvalue weighted by atomic mass is 19.1. The fourth-order valence-electron chi connectivity index (χ4n) is 2.73. The fraction of sp³-hybridized carbons (Fsp3) is 0.158. The van der Waals surface area contributed by atoms with Crippen LogP contribution >= 0.6 is 0 Å². The monoisotopic (exact) mass is 337 g/mol. The molecule has 0 fully saturated rings. The van der Waals surface area contributed by atoms with Crippen molar-refractivity contribution >= 4 is 5.76 Å². The van der Waals surface area contributed by atoms with Gasteiger partial charge >= 0.3 is 0 Å². The zero-order chi connectivity index (χ0) is 17.2. The molecule has 4 rings (SSSR count). The Labute approximate surface area is 144 Å². The molecule has 3 aromatic rings. The molecular formula is C19H16FN3O2. The first-order valence-corrected chi connectivity index (χ1v) is 7.92. The summed E-state index contributed by atoms with van der Waals surface area (Å²) in [5, 5.41) is 4.07. The first-order chi connectivity index (χ1) is 12.2. The van der Waals surface area contributed by atoms with Crippen LogP contribution in [0.4, 0.5) is 4.39 Å². The molecule has 2 heterocycles. The molecule has 1 aliphatic rings. The van der Waals surface area contributed by atoms with Gasteiger partial charge < -0.3 is 9.47 Å². The number of benzene rings is 2. The van der Waals surface area contributed by atoms with Gasteiger partial charge in [0, 0.05) is 19.0 Å². The van der Waals surface area contributed by atoms with Gasteiger partial charge in [-0.3, -0.25) is 0 Å². The Morgan fingerprint density at radius 1 is 1.20 bits per heavy atom. The summed E-state index contributed by atoms with van der Waals surface area (Å²) in [5.41, 5.74) is 1.89. The quantitative estimate of drug-likeness (QED) is 0.731. The Morgan fingerprint density at radius 2 is 2.04 bits per heavy atom.